The minimum Gasteiger partial charge on any atom is -0.496 e. The molecule has 3 atom stereocenters. The van der Waals surface area contributed by atoms with E-state index in [0.717, 1.165) is 30.2 Å². The Morgan fingerprint density at radius 3 is 2.61 bits per heavy atom. The smallest absolute Gasteiger partial charge is 0.268 e. The SMILES string of the molecule is COc1cccc2[nH]c(C(=O)NC(CC3CC3)C(=O)NC(CC3CCCNC3=O)C(C#N)C#N)cc12. The van der Waals surface area contributed by atoms with Crippen molar-refractivity contribution in [1.29, 1.82) is 10.5 Å². The lowest BCUT2D eigenvalue weighted by atomic mass is 9.87. The fourth-order valence-electron chi connectivity index (χ4n) is 4.72. The molecule has 2 fully saturated rings. The molecule has 10 nitrogen and oxygen atoms in total. The number of aromatic nitrogens is 1. The highest BCUT2D eigenvalue weighted by molar-refractivity contribution is 6.01. The molecule has 1 saturated heterocycles. The van der Waals surface area contributed by atoms with E-state index in [1.165, 1.54) is 0 Å². The van der Waals surface area contributed by atoms with Gasteiger partial charge >= 0.3 is 0 Å². The zero-order chi connectivity index (χ0) is 25.7. The third kappa shape index (κ3) is 5.77. The first-order valence-corrected chi connectivity index (χ1v) is 12.3. The van der Waals surface area contributed by atoms with Crippen molar-refractivity contribution in [2.45, 2.75) is 50.6 Å². The number of aromatic amines is 1. The number of fused-ring (bicyclic) bond motifs is 1. The molecule has 1 aliphatic heterocycles. The third-order valence-electron chi connectivity index (χ3n) is 6.92. The Kier molecular flexibility index (Phi) is 7.74. The van der Waals surface area contributed by atoms with Crippen molar-refractivity contribution in [2.75, 3.05) is 13.7 Å². The van der Waals surface area contributed by atoms with Gasteiger partial charge in [-0.3, -0.25) is 14.4 Å². The molecule has 4 rings (SSSR count). The van der Waals surface area contributed by atoms with Gasteiger partial charge in [0.1, 0.15) is 17.5 Å². The number of H-pyrrole nitrogens is 1. The Morgan fingerprint density at radius 1 is 1.17 bits per heavy atom. The highest BCUT2D eigenvalue weighted by Gasteiger charge is 2.35. The van der Waals surface area contributed by atoms with E-state index in [9.17, 15) is 24.9 Å². The maximum absolute atomic E-state index is 13.3. The van der Waals surface area contributed by atoms with E-state index in [1.54, 1.807) is 19.2 Å². The van der Waals surface area contributed by atoms with Crippen LogP contribution in [0.3, 0.4) is 0 Å². The number of benzene rings is 1. The van der Waals surface area contributed by atoms with E-state index >= 15 is 0 Å². The molecular weight excluding hydrogens is 460 g/mol. The van der Waals surface area contributed by atoms with E-state index in [2.05, 4.69) is 20.9 Å². The fourth-order valence-corrected chi connectivity index (χ4v) is 4.72. The van der Waals surface area contributed by atoms with Gasteiger partial charge in [-0.05, 0) is 49.8 Å². The number of methoxy groups -OCH3 is 1. The van der Waals surface area contributed by atoms with Crippen LogP contribution in [0.5, 0.6) is 5.75 Å². The number of amides is 3. The molecule has 4 N–H and O–H groups in total. The minimum absolute atomic E-state index is 0.132. The van der Waals surface area contributed by atoms with Crippen molar-refractivity contribution in [3.8, 4) is 17.9 Å². The van der Waals surface area contributed by atoms with Crippen molar-refractivity contribution in [3.05, 3.63) is 30.0 Å². The van der Waals surface area contributed by atoms with E-state index in [-0.39, 0.29) is 18.2 Å². The molecule has 36 heavy (non-hydrogen) atoms. The van der Waals surface area contributed by atoms with Crippen molar-refractivity contribution in [1.82, 2.24) is 20.9 Å². The van der Waals surface area contributed by atoms with Gasteiger partial charge in [0.2, 0.25) is 11.8 Å². The van der Waals surface area contributed by atoms with Gasteiger partial charge in [0, 0.05) is 23.4 Å². The lowest BCUT2D eigenvalue weighted by Crippen LogP contribution is -2.52. The molecule has 3 unspecified atom stereocenters. The van der Waals surface area contributed by atoms with Crippen LogP contribution in [0.1, 0.15) is 49.0 Å². The van der Waals surface area contributed by atoms with E-state index in [1.807, 2.05) is 24.3 Å². The number of ether oxygens (including phenoxy) is 1. The summed E-state index contributed by atoms with van der Waals surface area (Å²) >= 11 is 0. The minimum atomic E-state index is -1.11. The van der Waals surface area contributed by atoms with Crippen LogP contribution in [-0.2, 0) is 9.59 Å². The summed E-state index contributed by atoms with van der Waals surface area (Å²) < 4.78 is 5.36. The normalized spacial score (nSPS) is 19.0. The molecule has 0 radical (unpaired) electrons. The van der Waals surface area contributed by atoms with E-state index < -0.39 is 29.8 Å². The van der Waals surface area contributed by atoms with Gasteiger partial charge in [-0.1, -0.05) is 18.9 Å². The number of hydrogen-bond donors (Lipinski definition) is 4. The number of rotatable bonds is 10. The molecule has 1 aromatic heterocycles. The van der Waals surface area contributed by atoms with Crippen LogP contribution in [0, 0.1) is 40.4 Å². The van der Waals surface area contributed by atoms with E-state index in [4.69, 9.17) is 4.74 Å². The number of carbonyl (C=O) groups excluding carboxylic acids is 3. The molecule has 2 aromatic rings. The first-order chi connectivity index (χ1) is 17.4. The van der Waals surface area contributed by atoms with Crippen molar-refractivity contribution < 1.29 is 19.1 Å². The molecule has 1 aromatic carbocycles. The van der Waals surface area contributed by atoms with Crippen LogP contribution in [0.25, 0.3) is 10.9 Å². The highest BCUT2D eigenvalue weighted by Crippen LogP contribution is 2.34. The van der Waals surface area contributed by atoms with Gasteiger partial charge in [-0.15, -0.1) is 0 Å². The monoisotopic (exact) mass is 490 g/mol. The highest BCUT2D eigenvalue weighted by atomic mass is 16.5. The van der Waals surface area contributed by atoms with Gasteiger partial charge in [-0.2, -0.15) is 10.5 Å². The standard InChI is InChI=1S/C26H30N6O4/c1-36-23-6-2-5-19-18(23)12-22(30-19)26(35)32-21(10-15-7-8-15)25(34)31-20(17(13-27)14-28)11-16-4-3-9-29-24(16)33/h2,5-6,12,15-17,20-21,30H,3-4,7-11H2,1H3,(H,29,33)(H,31,34)(H,32,35). The van der Waals surface area contributed by atoms with Crippen molar-refractivity contribution in [3.63, 3.8) is 0 Å². The maximum atomic E-state index is 13.3. The Labute approximate surface area is 209 Å². The Morgan fingerprint density at radius 2 is 1.94 bits per heavy atom. The van der Waals surface area contributed by atoms with Crippen LogP contribution in [0.2, 0.25) is 0 Å². The Balaban J connectivity index is 1.50. The van der Waals surface area contributed by atoms with Gasteiger partial charge in [0.25, 0.3) is 5.91 Å². The number of piperidine rings is 1. The summed E-state index contributed by atoms with van der Waals surface area (Å²) in [5, 5.41) is 28.2. The first kappa shape index (κ1) is 25.1. The summed E-state index contributed by atoms with van der Waals surface area (Å²) in [5.74, 6) is -1.56. The largest absolute Gasteiger partial charge is 0.496 e. The number of carbonyl (C=O) groups is 3. The molecule has 2 aliphatic rings. The predicted molar refractivity (Wildman–Crippen MR) is 130 cm³/mol. The van der Waals surface area contributed by atoms with Crippen LogP contribution in [-0.4, -0.2) is 48.4 Å². The van der Waals surface area contributed by atoms with Gasteiger partial charge < -0.3 is 25.7 Å². The molecule has 1 aliphatic carbocycles. The van der Waals surface area contributed by atoms with Crippen LogP contribution < -0.4 is 20.7 Å². The lowest BCUT2D eigenvalue weighted by molar-refractivity contribution is -0.128. The van der Waals surface area contributed by atoms with Gasteiger partial charge in [0.05, 0.1) is 25.3 Å². The molecule has 188 valence electrons. The van der Waals surface area contributed by atoms with Crippen LogP contribution >= 0.6 is 0 Å². The predicted octanol–water partition coefficient (Wildman–Crippen LogP) is 2.14. The Hall–Kier alpha value is -4.05. The average molecular weight is 491 g/mol. The van der Waals surface area contributed by atoms with Crippen LogP contribution in [0.15, 0.2) is 24.3 Å². The zero-order valence-corrected chi connectivity index (χ0v) is 20.2. The molecule has 2 heterocycles. The summed E-state index contributed by atoms with van der Waals surface area (Å²) in [6.45, 7) is 0.599. The molecule has 3 amide bonds. The zero-order valence-electron chi connectivity index (χ0n) is 20.2. The first-order valence-electron chi connectivity index (χ1n) is 12.3. The number of nitriles is 2. The molecule has 0 bridgehead atoms. The quantitative estimate of drug-likeness (QED) is 0.399. The second-order valence-electron chi connectivity index (χ2n) is 9.53. The van der Waals surface area contributed by atoms with Crippen molar-refractivity contribution >= 4 is 28.6 Å². The summed E-state index contributed by atoms with van der Waals surface area (Å²) in [4.78, 5) is 41.8. The lowest BCUT2D eigenvalue weighted by Gasteiger charge is -2.28. The fraction of sp³-hybridized carbons (Fsp3) is 0.500. The third-order valence-corrected chi connectivity index (χ3v) is 6.92. The maximum Gasteiger partial charge on any atom is 0.268 e. The second kappa shape index (κ2) is 11.1. The second-order valence-corrected chi connectivity index (χ2v) is 9.53. The van der Waals surface area contributed by atoms with Crippen molar-refractivity contribution in [2.24, 2.45) is 17.8 Å². The summed E-state index contributed by atoms with van der Waals surface area (Å²) in [5.41, 5.74) is 1.03. The van der Waals surface area contributed by atoms with E-state index in [0.29, 0.717) is 36.7 Å². The molecule has 10 heteroatoms. The number of hydrogen-bond acceptors (Lipinski definition) is 6. The van der Waals surface area contributed by atoms with Gasteiger partial charge in [-0.25, -0.2) is 0 Å². The summed E-state index contributed by atoms with van der Waals surface area (Å²) in [6, 6.07) is 9.34. The molecule has 1 saturated carbocycles. The number of nitrogens with one attached hydrogen (secondary N) is 4. The summed E-state index contributed by atoms with van der Waals surface area (Å²) in [6.07, 6.45) is 4.04. The van der Waals surface area contributed by atoms with Gasteiger partial charge in [0.15, 0.2) is 5.92 Å². The number of nitrogens with zero attached hydrogens (tertiary/aromatic N) is 2. The summed E-state index contributed by atoms with van der Waals surface area (Å²) in [7, 11) is 1.56. The topological polar surface area (TPSA) is 160 Å². The molecule has 0 spiro atoms. The Bertz CT molecular complexity index is 1210. The average Bonchev–Trinajstić information content (AvgIpc) is 3.59. The van der Waals surface area contributed by atoms with Crippen LogP contribution in [0.4, 0.5) is 0 Å². The molecular formula is C26H30N6O4.